The molecule has 1 aromatic heterocycles. The van der Waals surface area contributed by atoms with Gasteiger partial charge in [-0.05, 0) is 19.4 Å². The number of nitrogens with one attached hydrogen (secondary N) is 2. The van der Waals surface area contributed by atoms with E-state index in [9.17, 15) is 9.90 Å². The largest absolute Gasteiger partial charge is 0.390 e. The Morgan fingerprint density at radius 2 is 2.33 bits per heavy atom. The van der Waals surface area contributed by atoms with Crippen LogP contribution >= 0.6 is 0 Å². The summed E-state index contributed by atoms with van der Waals surface area (Å²) >= 11 is 0. The Kier molecular flexibility index (Phi) is 6.38. The first-order valence-corrected chi connectivity index (χ1v) is 6.30. The van der Waals surface area contributed by atoms with Gasteiger partial charge in [-0.2, -0.15) is 5.10 Å². The Hall–Kier alpha value is -1.40. The predicted molar refractivity (Wildman–Crippen MR) is 69.0 cm³/mol. The molecule has 6 nitrogen and oxygen atoms in total. The van der Waals surface area contributed by atoms with Gasteiger partial charge in [0, 0.05) is 25.5 Å². The van der Waals surface area contributed by atoms with E-state index in [0.29, 0.717) is 19.6 Å². The molecule has 3 N–H and O–H groups in total. The molecular formula is C12H22N4O2. The number of aromatic nitrogens is 2. The molecule has 2 atom stereocenters. The Bertz CT molecular complexity index is 340. The number of rotatable bonds is 8. The van der Waals surface area contributed by atoms with E-state index in [2.05, 4.69) is 15.7 Å². The van der Waals surface area contributed by atoms with Gasteiger partial charge in [0.25, 0.3) is 0 Å². The van der Waals surface area contributed by atoms with Crippen molar-refractivity contribution in [3.63, 3.8) is 0 Å². The SMILES string of the molecule is CCCNC(=O)C(C)NCC(O)Cn1cccn1. The summed E-state index contributed by atoms with van der Waals surface area (Å²) in [6.45, 7) is 5.25. The van der Waals surface area contributed by atoms with Crippen LogP contribution in [0.15, 0.2) is 18.5 Å². The van der Waals surface area contributed by atoms with Crippen molar-refractivity contribution in [1.29, 1.82) is 0 Å². The van der Waals surface area contributed by atoms with Gasteiger partial charge in [-0.1, -0.05) is 6.92 Å². The van der Waals surface area contributed by atoms with Crippen LogP contribution in [0.1, 0.15) is 20.3 Å². The van der Waals surface area contributed by atoms with Crippen LogP contribution in [0, 0.1) is 0 Å². The second kappa shape index (κ2) is 7.84. The van der Waals surface area contributed by atoms with E-state index in [-0.39, 0.29) is 11.9 Å². The third-order valence-corrected chi connectivity index (χ3v) is 2.56. The molecular weight excluding hydrogens is 232 g/mol. The summed E-state index contributed by atoms with van der Waals surface area (Å²) in [5.74, 6) is -0.0388. The maximum absolute atomic E-state index is 11.6. The predicted octanol–water partition coefficient (Wildman–Crippen LogP) is -0.252. The first-order valence-electron chi connectivity index (χ1n) is 6.30. The highest BCUT2D eigenvalue weighted by molar-refractivity contribution is 5.81. The Balaban J connectivity index is 2.20. The molecule has 0 aliphatic rings. The Morgan fingerprint density at radius 3 is 2.94 bits per heavy atom. The van der Waals surface area contributed by atoms with Gasteiger partial charge in [-0.15, -0.1) is 0 Å². The summed E-state index contributed by atoms with van der Waals surface area (Å²) in [5, 5.41) is 19.6. The quantitative estimate of drug-likeness (QED) is 0.597. The van der Waals surface area contributed by atoms with Gasteiger partial charge < -0.3 is 15.7 Å². The second-order valence-electron chi connectivity index (χ2n) is 4.30. The molecule has 0 bridgehead atoms. The van der Waals surface area contributed by atoms with Crippen molar-refractivity contribution >= 4 is 5.91 Å². The van der Waals surface area contributed by atoms with Gasteiger partial charge in [0.2, 0.25) is 5.91 Å². The number of hydrogen-bond donors (Lipinski definition) is 3. The van der Waals surface area contributed by atoms with Gasteiger partial charge in [0.05, 0.1) is 18.7 Å². The molecule has 1 rings (SSSR count). The van der Waals surface area contributed by atoms with Crippen molar-refractivity contribution in [3.8, 4) is 0 Å². The Morgan fingerprint density at radius 1 is 1.56 bits per heavy atom. The van der Waals surface area contributed by atoms with Crippen LogP contribution in [0.4, 0.5) is 0 Å². The topological polar surface area (TPSA) is 79.2 Å². The molecule has 1 aromatic rings. The van der Waals surface area contributed by atoms with Gasteiger partial charge in [0.15, 0.2) is 0 Å². The zero-order chi connectivity index (χ0) is 13.4. The molecule has 102 valence electrons. The van der Waals surface area contributed by atoms with Crippen LogP contribution in [0.5, 0.6) is 0 Å². The summed E-state index contributed by atoms with van der Waals surface area (Å²) in [7, 11) is 0. The van der Waals surface area contributed by atoms with Gasteiger partial charge in [-0.3, -0.25) is 9.48 Å². The van der Waals surface area contributed by atoms with E-state index in [0.717, 1.165) is 6.42 Å². The molecule has 0 spiro atoms. The van der Waals surface area contributed by atoms with Crippen LogP contribution in [0.3, 0.4) is 0 Å². The number of hydrogen-bond acceptors (Lipinski definition) is 4. The van der Waals surface area contributed by atoms with E-state index in [1.807, 2.05) is 6.92 Å². The van der Waals surface area contributed by atoms with E-state index in [4.69, 9.17) is 0 Å². The van der Waals surface area contributed by atoms with Crippen LogP contribution < -0.4 is 10.6 Å². The molecule has 0 fully saturated rings. The minimum absolute atomic E-state index is 0.0388. The van der Waals surface area contributed by atoms with E-state index < -0.39 is 6.10 Å². The number of nitrogens with zero attached hydrogens (tertiary/aromatic N) is 2. The van der Waals surface area contributed by atoms with Crippen molar-refractivity contribution in [2.24, 2.45) is 0 Å². The maximum atomic E-state index is 11.6. The summed E-state index contributed by atoms with van der Waals surface area (Å²) in [5.41, 5.74) is 0. The first kappa shape index (κ1) is 14.7. The fourth-order valence-corrected chi connectivity index (χ4v) is 1.50. The highest BCUT2D eigenvalue weighted by Gasteiger charge is 2.13. The maximum Gasteiger partial charge on any atom is 0.236 e. The summed E-state index contributed by atoms with van der Waals surface area (Å²) < 4.78 is 1.66. The van der Waals surface area contributed by atoms with Crippen molar-refractivity contribution < 1.29 is 9.90 Å². The minimum atomic E-state index is -0.564. The van der Waals surface area contributed by atoms with E-state index >= 15 is 0 Å². The molecule has 0 radical (unpaired) electrons. The first-order chi connectivity index (χ1) is 8.63. The van der Waals surface area contributed by atoms with Gasteiger partial charge in [-0.25, -0.2) is 0 Å². The van der Waals surface area contributed by atoms with Crippen molar-refractivity contribution in [3.05, 3.63) is 18.5 Å². The molecule has 1 amide bonds. The third kappa shape index (κ3) is 5.29. The molecule has 1 heterocycles. The summed E-state index contributed by atoms with van der Waals surface area (Å²) in [6, 6.07) is 1.50. The Labute approximate surface area is 107 Å². The lowest BCUT2D eigenvalue weighted by Gasteiger charge is -2.16. The lowest BCUT2D eigenvalue weighted by molar-refractivity contribution is -0.122. The smallest absolute Gasteiger partial charge is 0.236 e. The molecule has 0 saturated heterocycles. The fraction of sp³-hybridized carbons (Fsp3) is 0.667. The minimum Gasteiger partial charge on any atom is -0.390 e. The zero-order valence-electron chi connectivity index (χ0n) is 11.0. The number of carbonyl (C=O) groups excluding carboxylic acids is 1. The molecule has 0 aromatic carbocycles. The highest BCUT2D eigenvalue weighted by Crippen LogP contribution is 1.91. The zero-order valence-corrected chi connectivity index (χ0v) is 11.0. The number of aliphatic hydroxyl groups excluding tert-OH is 1. The van der Waals surface area contributed by atoms with Crippen molar-refractivity contribution in [2.45, 2.75) is 39.0 Å². The molecule has 0 aliphatic carbocycles. The van der Waals surface area contributed by atoms with Crippen LogP contribution in [0.2, 0.25) is 0 Å². The van der Waals surface area contributed by atoms with E-state index in [1.165, 1.54) is 0 Å². The average Bonchev–Trinajstić information content (AvgIpc) is 2.85. The third-order valence-electron chi connectivity index (χ3n) is 2.56. The van der Waals surface area contributed by atoms with E-state index in [1.54, 1.807) is 30.1 Å². The van der Waals surface area contributed by atoms with Gasteiger partial charge in [0.1, 0.15) is 0 Å². The number of aliphatic hydroxyl groups is 1. The molecule has 0 saturated carbocycles. The van der Waals surface area contributed by atoms with Crippen LogP contribution in [0.25, 0.3) is 0 Å². The van der Waals surface area contributed by atoms with Crippen LogP contribution in [-0.2, 0) is 11.3 Å². The van der Waals surface area contributed by atoms with Crippen LogP contribution in [-0.4, -0.2) is 46.0 Å². The normalized spacial score (nSPS) is 14.2. The summed E-state index contributed by atoms with van der Waals surface area (Å²) in [4.78, 5) is 11.6. The molecule has 18 heavy (non-hydrogen) atoms. The number of carbonyl (C=O) groups is 1. The standard InChI is InChI=1S/C12H22N4O2/c1-3-5-13-12(18)10(2)14-8-11(17)9-16-7-4-6-15-16/h4,6-7,10-11,14,17H,3,5,8-9H2,1-2H3,(H,13,18). The molecule has 6 heteroatoms. The van der Waals surface area contributed by atoms with Crippen molar-refractivity contribution in [1.82, 2.24) is 20.4 Å². The monoisotopic (exact) mass is 254 g/mol. The van der Waals surface area contributed by atoms with Crippen molar-refractivity contribution in [2.75, 3.05) is 13.1 Å². The number of amides is 1. The summed E-state index contributed by atoms with van der Waals surface area (Å²) in [6.07, 6.45) is 3.81. The average molecular weight is 254 g/mol. The lowest BCUT2D eigenvalue weighted by atomic mass is 10.2. The molecule has 0 aliphatic heterocycles. The lowest BCUT2D eigenvalue weighted by Crippen LogP contribution is -2.45. The molecule has 2 unspecified atom stereocenters. The second-order valence-corrected chi connectivity index (χ2v) is 4.30. The highest BCUT2D eigenvalue weighted by atomic mass is 16.3. The van der Waals surface area contributed by atoms with Gasteiger partial charge >= 0.3 is 0 Å². The fourth-order valence-electron chi connectivity index (χ4n) is 1.50.